The number of hydrogen-bond acceptors (Lipinski definition) is 4. The lowest BCUT2D eigenvalue weighted by Gasteiger charge is -2.09. The summed E-state index contributed by atoms with van der Waals surface area (Å²) in [7, 11) is 1.33. The molecule has 0 amide bonds. The second kappa shape index (κ2) is 5.86. The van der Waals surface area contributed by atoms with Crippen molar-refractivity contribution in [2.45, 2.75) is 0 Å². The zero-order chi connectivity index (χ0) is 17.6. The summed E-state index contributed by atoms with van der Waals surface area (Å²) < 4.78 is 33.3. The summed E-state index contributed by atoms with van der Waals surface area (Å²) in [6.45, 7) is 3.79. The van der Waals surface area contributed by atoms with Crippen molar-refractivity contribution in [2.75, 3.05) is 12.4 Å². The highest BCUT2D eigenvalue weighted by Crippen LogP contribution is 2.37. The van der Waals surface area contributed by atoms with Gasteiger partial charge in [-0.05, 0) is 11.6 Å². The molecule has 0 aliphatic heterocycles. The maximum atomic E-state index is 13.8. The molecule has 25 heavy (non-hydrogen) atoms. The van der Waals surface area contributed by atoms with E-state index in [4.69, 9.17) is 4.74 Å². The zero-order valence-electron chi connectivity index (χ0n) is 13.2. The van der Waals surface area contributed by atoms with E-state index < -0.39 is 11.6 Å². The number of thiazole rings is 1. The molecule has 2 heterocycles. The van der Waals surface area contributed by atoms with Crippen LogP contribution < -0.4 is 10.1 Å². The molecule has 2 aromatic carbocycles. The highest BCUT2D eigenvalue weighted by molar-refractivity contribution is 7.22. The van der Waals surface area contributed by atoms with Crippen molar-refractivity contribution < 1.29 is 13.5 Å². The Bertz CT molecular complexity index is 1120. The van der Waals surface area contributed by atoms with E-state index in [0.717, 1.165) is 32.7 Å². The highest BCUT2D eigenvalue weighted by Gasteiger charge is 2.15. The maximum absolute atomic E-state index is 13.8. The summed E-state index contributed by atoms with van der Waals surface area (Å²) in [6.07, 6.45) is 3.64. The van der Waals surface area contributed by atoms with Crippen LogP contribution in [0.15, 0.2) is 37.0 Å². The lowest BCUT2D eigenvalue weighted by Crippen LogP contribution is -1.98. The number of fused-ring (bicyclic) bond motifs is 3. The molecule has 0 atom stereocenters. The van der Waals surface area contributed by atoms with Crippen LogP contribution in [-0.4, -0.2) is 17.1 Å². The molecule has 0 bridgehead atoms. The number of H-pyrrole nitrogens is 1. The van der Waals surface area contributed by atoms with Crippen molar-refractivity contribution in [1.29, 1.82) is 0 Å². The molecule has 0 unspecified atom stereocenters. The van der Waals surface area contributed by atoms with Gasteiger partial charge in [-0.3, -0.25) is 0 Å². The summed E-state index contributed by atoms with van der Waals surface area (Å²) in [6, 6.07) is 5.91. The van der Waals surface area contributed by atoms with Crippen molar-refractivity contribution in [3.8, 4) is 5.75 Å². The minimum atomic E-state index is -0.770. The van der Waals surface area contributed by atoms with Crippen LogP contribution in [0.25, 0.3) is 27.2 Å². The van der Waals surface area contributed by atoms with Crippen molar-refractivity contribution in [2.24, 2.45) is 0 Å². The van der Waals surface area contributed by atoms with Gasteiger partial charge in [0.05, 0.1) is 23.0 Å². The third kappa shape index (κ3) is 2.53. The first kappa shape index (κ1) is 15.6. The third-order valence-electron chi connectivity index (χ3n) is 3.92. The molecule has 0 aliphatic rings. The van der Waals surface area contributed by atoms with Crippen molar-refractivity contribution in [3.63, 3.8) is 0 Å². The van der Waals surface area contributed by atoms with Gasteiger partial charge in [-0.2, -0.15) is 0 Å². The van der Waals surface area contributed by atoms with Gasteiger partial charge in [-0.1, -0.05) is 30.1 Å². The second-order valence-electron chi connectivity index (χ2n) is 5.40. The number of benzene rings is 2. The van der Waals surface area contributed by atoms with Gasteiger partial charge in [0.2, 0.25) is 0 Å². The molecule has 0 saturated heterocycles. The van der Waals surface area contributed by atoms with Crippen LogP contribution in [0.1, 0.15) is 5.56 Å². The number of aromatic amines is 1. The van der Waals surface area contributed by atoms with Crippen LogP contribution in [0.4, 0.5) is 19.6 Å². The van der Waals surface area contributed by atoms with Gasteiger partial charge in [-0.15, -0.1) is 0 Å². The SMILES string of the molecule is C=Cc1c[nH]c2c1ccc1sc(Nc3cc(F)cc(F)c3OC)nc12. The van der Waals surface area contributed by atoms with E-state index >= 15 is 0 Å². The Hall–Kier alpha value is -2.93. The first-order chi connectivity index (χ1) is 12.1. The maximum Gasteiger partial charge on any atom is 0.188 e. The number of hydrogen-bond donors (Lipinski definition) is 2. The van der Waals surface area contributed by atoms with Gasteiger partial charge >= 0.3 is 0 Å². The normalized spacial score (nSPS) is 11.2. The number of aromatic nitrogens is 2. The predicted octanol–water partition coefficient (Wildman–Crippen LogP) is 5.45. The Morgan fingerprint density at radius 3 is 2.92 bits per heavy atom. The summed E-state index contributed by atoms with van der Waals surface area (Å²) in [5, 5.41) is 4.48. The molecule has 126 valence electrons. The molecule has 4 nitrogen and oxygen atoms in total. The van der Waals surface area contributed by atoms with Gasteiger partial charge in [0.15, 0.2) is 16.7 Å². The second-order valence-corrected chi connectivity index (χ2v) is 6.43. The average molecular weight is 357 g/mol. The minimum absolute atomic E-state index is 0.0559. The van der Waals surface area contributed by atoms with Crippen molar-refractivity contribution >= 4 is 49.4 Å². The molecule has 2 aromatic heterocycles. The molecular formula is C18H13F2N3OS. The molecule has 4 aromatic rings. The van der Waals surface area contributed by atoms with Gasteiger partial charge in [0, 0.05) is 23.7 Å². The first-order valence-corrected chi connectivity index (χ1v) is 8.25. The Labute approximate surface area is 145 Å². The fraction of sp³-hybridized carbons (Fsp3) is 0.0556. The van der Waals surface area contributed by atoms with Crippen LogP contribution in [0, 0.1) is 11.6 Å². The fourth-order valence-electron chi connectivity index (χ4n) is 2.81. The summed E-state index contributed by atoms with van der Waals surface area (Å²) in [4.78, 5) is 7.76. The van der Waals surface area contributed by atoms with E-state index in [0.29, 0.717) is 5.13 Å². The van der Waals surface area contributed by atoms with Crippen LogP contribution in [0.3, 0.4) is 0 Å². The van der Waals surface area contributed by atoms with Gasteiger partial charge in [-0.25, -0.2) is 13.8 Å². The monoisotopic (exact) mass is 357 g/mol. The minimum Gasteiger partial charge on any atom is -0.492 e. The van der Waals surface area contributed by atoms with Crippen LogP contribution >= 0.6 is 11.3 Å². The number of nitrogens with one attached hydrogen (secondary N) is 2. The number of ether oxygens (including phenoxy) is 1. The van der Waals surface area contributed by atoms with E-state index in [9.17, 15) is 8.78 Å². The number of anilines is 2. The largest absolute Gasteiger partial charge is 0.492 e. The van der Waals surface area contributed by atoms with Crippen LogP contribution in [-0.2, 0) is 0 Å². The Morgan fingerprint density at radius 2 is 2.16 bits per heavy atom. The van der Waals surface area contributed by atoms with Crippen LogP contribution in [0.2, 0.25) is 0 Å². The molecule has 0 spiro atoms. The number of nitrogens with zero attached hydrogens (tertiary/aromatic N) is 1. The topological polar surface area (TPSA) is 49.9 Å². The summed E-state index contributed by atoms with van der Waals surface area (Å²) >= 11 is 1.39. The van der Waals surface area contributed by atoms with E-state index in [1.165, 1.54) is 24.5 Å². The quantitative estimate of drug-likeness (QED) is 0.510. The van der Waals surface area contributed by atoms with E-state index in [1.807, 2.05) is 18.3 Å². The van der Waals surface area contributed by atoms with Crippen molar-refractivity contribution in [1.82, 2.24) is 9.97 Å². The Balaban J connectivity index is 1.82. The smallest absolute Gasteiger partial charge is 0.188 e. The Kier molecular flexibility index (Phi) is 3.65. The van der Waals surface area contributed by atoms with Gasteiger partial charge in [0.25, 0.3) is 0 Å². The van der Waals surface area contributed by atoms with Crippen LogP contribution in [0.5, 0.6) is 5.75 Å². The predicted molar refractivity (Wildman–Crippen MR) is 97.8 cm³/mol. The average Bonchev–Trinajstić information content (AvgIpc) is 3.16. The number of halogens is 2. The molecule has 0 aliphatic carbocycles. The lowest BCUT2D eigenvalue weighted by atomic mass is 10.1. The van der Waals surface area contributed by atoms with E-state index in [-0.39, 0.29) is 11.4 Å². The number of methoxy groups -OCH3 is 1. The molecule has 0 saturated carbocycles. The molecule has 2 N–H and O–H groups in total. The number of rotatable bonds is 4. The van der Waals surface area contributed by atoms with Crippen molar-refractivity contribution in [3.05, 3.63) is 54.2 Å². The fourth-order valence-corrected chi connectivity index (χ4v) is 3.69. The molecule has 4 rings (SSSR count). The van der Waals surface area contributed by atoms with E-state index in [2.05, 4.69) is 21.9 Å². The molecule has 0 radical (unpaired) electrons. The van der Waals surface area contributed by atoms with E-state index in [1.54, 1.807) is 6.08 Å². The molecule has 0 fully saturated rings. The zero-order valence-corrected chi connectivity index (χ0v) is 14.0. The van der Waals surface area contributed by atoms with Gasteiger partial charge < -0.3 is 15.0 Å². The standard InChI is InChI=1S/C18H13F2N3OS/c1-3-9-8-21-15-11(9)4-5-14-16(15)23-18(25-14)22-13-7-10(19)6-12(20)17(13)24-2/h3-8,21H,1H2,2H3,(H,22,23). The summed E-state index contributed by atoms with van der Waals surface area (Å²) in [5.41, 5.74) is 2.87. The molecular weight excluding hydrogens is 344 g/mol. The molecule has 7 heteroatoms. The summed E-state index contributed by atoms with van der Waals surface area (Å²) in [5.74, 6) is -1.52. The third-order valence-corrected chi connectivity index (χ3v) is 4.85. The lowest BCUT2D eigenvalue weighted by molar-refractivity contribution is 0.386. The Morgan fingerprint density at radius 1 is 1.32 bits per heavy atom. The highest BCUT2D eigenvalue weighted by atomic mass is 32.1. The van der Waals surface area contributed by atoms with Gasteiger partial charge in [0.1, 0.15) is 11.3 Å². The first-order valence-electron chi connectivity index (χ1n) is 7.44.